The molecule has 0 amide bonds. The third-order valence-corrected chi connectivity index (χ3v) is 4.41. The molecule has 17 heavy (non-hydrogen) atoms. The molecule has 0 atom stereocenters. The molecule has 1 aromatic heterocycles. The van der Waals surface area contributed by atoms with Gasteiger partial charge < -0.3 is 11.1 Å². The van der Waals surface area contributed by atoms with E-state index in [9.17, 15) is 0 Å². The lowest BCUT2D eigenvalue weighted by Gasteiger charge is -2.07. The highest BCUT2D eigenvalue weighted by atomic mass is 35.5. The van der Waals surface area contributed by atoms with Crippen LogP contribution in [-0.2, 0) is 6.54 Å². The number of hydrogen-bond acceptors (Lipinski definition) is 5. The molecule has 3 nitrogen and oxygen atoms in total. The topological polar surface area (TPSA) is 50.9 Å². The first-order chi connectivity index (χ1) is 8.22. The van der Waals surface area contributed by atoms with Crippen molar-refractivity contribution in [3.8, 4) is 0 Å². The van der Waals surface area contributed by atoms with Gasteiger partial charge in [0.2, 0.25) is 0 Å². The lowest BCUT2D eigenvalue weighted by molar-refractivity contribution is 1.15. The average Bonchev–Trinajstić information content (AvgIpc) is 2.69. The Morgan fingerprint density at radius 1 is 1.47 bits per heavy atom. The third-order valence-electron chi connectivity index (χ3n) is 2.28. The van der Waals surface area contributed by atoms with Crippen LogP contribution < -0.4 is 11.1 Å². The fourth-order valence-electron chi connectivity index (χ4n) is 1.42. The first-order valence-corrected chi connectivity index (χ1v) is 7.36. The van der Waals surface area contributed by atoms with E-state index in [0.717, 1.165) is 20.5 Å². The van der Waals surface area contributed by atoms with Gasteiger partial charge in [0, 0.05) is 11.6 Å². The molecular weight excluding hydrogens is 274 g/mol. The number of nitrogens with zero attached hydrogens (tertiary/aromatic N) is 1. The molecule has 0 radical (unpaired) electrons. The van der Waals surface area contributed by atoms with Gasteiger partial charge in [-0.3, -0.25) is 0 Å². The van der Waals surface area contributed by atoms with Crippen LogP contribution in [0, 0.1) is 0 Å². The van der Waals surface area contributed by atoms with Crippen LogP contribution in [0.15, 0.2) is 29.2 Å². The fourth-order valence-corrected chi connectivity index (χ4v) is 3.16. The Hall–Kier alpha value is -0.910. The van der Waals surface area contributed by atoms with E-state index < -0.39 is 0 Å². The van der Waals surface area contributed by atoms with Crippen molar-refractivity contribution in [2.24, 2.45) is 0 Å². The molecule has 0 spiro atoms. The van der Waals surface area contributed by atoms with E-state index in [-0.39, 0.29) is 0 Å². The van der Waals surface area contributed by atoms with Crippen molar-refractivity contribution in [1.29, 1.82) is 0 Å². The summed E-state index contributed by atoms with van der Waals surface area (Å²) in [7, 11) is 0. The maximum absolute atomic E-state index is 6.09. The zero-order chi connectivity index (χ0) is 12.3. The Morgan fingerprint density at radius 3 is 2.94 bits per heavy atom. The molecule has 1 heterocycles. The highest BCUT2D eigenvalue weighted by Crippen LogP contribution is 2.35. The quantitative estimate of drug-likeness (QED) is 0.841. The van der Waals surface area contributed by atoms with Gasteiger partial charge in [0.05, 0.1) is 4.90 Å². The smallest absolute Gasteiger partial charge is 0.153 e. The zero-order valence-electron chi connectivity index (χ0n) is 9.24. The lowest BCUT2D eigenvalue weighted by atomic mass is 10.2. The normalized spacial score (nSPS) is 10.5. The Balaban J connectivity index is 2.10. The minimum Gasteiger partial charge on any atom is -0.382 e. The van der Waals surface area contributed by atoms with Gasteiger partial charge in [-0.05, 0) is 29.4 Å². The number of thioether (sulfide) groups is 1. The fraction of sp³-hybridized carbons (Fsp3) is 0.182. The van der Waals surface area contributed by atoms with E-state index in [4.69, 9.17) is 17.3 Å². The SMILES string of the molecule is CSc1c(N)nsc1NCc1ccccc1Cl. The summed E-state index contributed by atoms with van der Waals surface area (Å²) in [5, 5.41) is 5.08. The summed E-state index contributed by atoms with van der Waals surface area (Å²) < 4.78 is 4.13. The molecule has 2 rings (SSSR count). The van der Waals surface area contributed by atoms with Crippen molar-refractivity contribution in [2.75, 3.05) is 17.3 Å². The van der Waals surface area contributed by atoms with Gasteiger partial charge >= 0.3 is 0 Å². The van der Waals surface area contributed by atoms with Crippen molar-refractivity contribution in [2.45, 2.75) is 11.4 Å². The number of nitrogens with two attached hydrogens (primary N) is 1. The van der Waals surface area contributed by atoms with Crippen molar-refractivity contribution in [3.05, 3.63) is 34.9 Å². The molecule has 2 aromatic rings. The number of nitrogens with one attached hydrogen (secondary N) is 1. The Labute approximate surface area is 114 Å². The summed E-state index contributed by atoms with van der Waals surface area (Å²) in [5.74, 6) is 0.587. The summed E-state index contributed by atoms with van der Waals surface area (Å²) in [6.07, 6.45) is 1.99. The maximum Gasteiger partial charge on any atom is 0.153 e. The van der Waals surface area contributed by atoms with Crippen LogP contribution in [0.4, 0.5) is 10.8 Å². The first kappa shape index (κ1) is 12.5. The molecule has 0 saturated heterocycles. The molecule has 1 aromatic carbocycles. The maximum atomic E-state index is 6.09. The van der Waals surface area contributed by atoms with E-state index in [1.165, 1.54) is 11.5 Å². The van der Waals surface area contributed by atoms with Crippen molar-refractivity contribution >= 4 is 45.7 Å². The largest absolute Gasteiger partial charge is 0.382 e. The van der Waals surface area contributed by atoms with Crippen LogP contribution in [0.3, 0.4) is 0 Å². The van der Waals surface area contributed by atoms with Crippen molar-refractivity contribution in [1.82, 2.24) is 4.37 Å². The monoisotopic (exact) mass is 285 g/mol. The summed E-state index contributed by atoms with van der Waals surface area (Å²) in [5.41, 5.74) is 6.83. The number of hydrogen-bond donors (Lipinski definition) is 2. The molecule has 6 heteroatoms. The zero-order valence-corrected chi connectivity index (χ0v) is 11.6. The standard InChI is InChI=1S/C11H12ClN3S2/c1-16-9-10(13)15-17-11(9)14-6-7-4-2-3-5-8(7)12/h2-5,14H,6H2,1H3,(H2,13,15). The predicted molar refractivity (Wildman–Crippen MR) is 77.1 cm³/mol. The molecule has 90 valence electrons. The van der Waals surface area contributed by atoms with Crippen LogP contribution >= 0.6 is 34.9 Å². The van der Waals surface area contributed by atoms with Crippen LogP contribution in [-0.4, -0.2) is 10.6 Å². The highest BCUT2D eigenvalue weighted by molar-refractivity contribution is 7.99. The van der Waals surface area contributed by atoms with E-state index in [0.29, 0.717) is 12.4 Å². The van der Waals surface area contributed by atoms with Gasteiger partial charge in [0.15, 0.2) is 5.82 Å². The second-order valence-corrected chi connectivity index (χ2v) is 5.37. The molecular formula is C11H12ClN3S2. The number of halogens is 1. The molecule has 0 aliphatic rings. The summed E-state index contributed by atoms with van der Waals surface area (Å²) in [4.78, 5) is 1.00. The van der Waals surface area contributed by atoms with Gasteiger partial charge in [-0.2, -0.15) is 4.37 Å². The molecule has 0 bridgehead atoms. The molecule has 0 saturated carbocycles. The number of aromatic nitrogens is 1. The van der Waals surface area contributed by atoms with Crippen molar-refractivity contribution < 1.29 is 0 Å². The van der Waals surface area contributed by atoms with E-state index >= 15 is 0 Å². The van der Waals surface area contributed by atoms with E-state index in [1.54, 1.807) is 11.8 Å². The minimum absolute atomic E-state index is 0.587. The average molecular weight is 286 g/mol. The number of rotatable bonds is 4. The van der Waals surface area contributed by atoms with Gasteiger partial charge in [-0.1, -0.05) is 29.8 Å². The molecule has 0 fully saturated rings. The van der Waals surface area contributed by atoms with Gasteiger partial charge in [0.1, 0.15) is 5.00 Å². The number of nitrogen functional groups attached to an aromatic ring is 1. The van der Waals surface area contributed by atoms with Gasteiger partial charge in [-0.15, -0.1) is 11.8 Å². The Kier molecular flexibility index (Phi) is 4.15. The number of anilines is 2. The van der Waals surface area contributed by atoms with Gasteiger partial charge in [-0.25, -0.2) is 0 Å². The first-order valence-electron chi connectivity index (χ1n) is 4.98. The van der Waals surface area contributed by atoms with E-state index in [2.05, 4.69) is 9.69 Å². The summed E-state index contributed by atoms with van der Waals surface area (Å²) >= 11 is 9.06. The molecule has 0 aliphatic carbocycles. The Bertz CT molecular complexity index is 513. The van der Waals surface area contributed by atoms with Gasteiger partial charge in [0.25, 0.3) is 0 Å². The molecule has 3 N–H and O–H groups in total. The Morgan fingerprint density at radius 2 is 2.24 bits per heavy atom. The summed E-state index contributed by atoms with van der Waals surface area (Å²) in [6.45, 7) is 0.675. The van der Waals surface area contributed by atoms with Crippen LogP contribution in [0.25, 0.3) is 0 Å². The molecule has 0 unspecified atom stereocenters. The second kappa shape index (κ2) is 5.62. The lowest BCUT2D eigenvalue weighted by Crippen LogP contribution is -1.99. The third kappa shape index (κ3) is 2.86. The predicted octanol–water partition coefficient (Wildman–Crippen LogP) is 3.71. The molecule has 0 aliphatic heterocycles. The second-order valence-electron chi connectivity index (χ2n) is 3.38. The number of benzene rings is 1. The van der Waals surface area contributed by atoms with Crippen LogP contribution in [0.5, 0.6) is 0 Å². The minimum atomic E-state index is 0.587. The van der Waals surface area contributed by atoms with Crippen molar-refractivity contribution in [3.63, 3.8) is 0 Å². The van der Waals surface area contributed by atoms with Crippen LogP contribution in [0.1, 0.15) is 5.56 Å². The highest BCUT2D eigenvalue weighted by Gasteiger charge is 2.10. The van der Waals surface area contributed by atoms with E-state index in [1.807, 2.05) is 30.5 Å². The van der Waals surface area contributed by atoms with Crippen LogP contribution in [0.2, 0.25) is 5.02 Å². The summed E-state index contributed by atoms with van der Waals surface area (Å²) in [6, 6.07) is 7.77.